The maximum absolute atomic E-state index is 12.0. The molecule has 8 nitrogen and oxygen atoms in total. The summed E-state index contributed by atoms with van der Waals surface area (Å²) in [6, 6.07) is 3.88. The lowest BCUT2D eigenvalue weighted by Crippen LogP contribution is -2.44. The second-order valence-corrected chi connectivity index (χ2v) is 8.93. The van der Waals surface area contributed by atoms with Crippen LogP contribution in [0, 0.1) is 0 Å². The summed E-state index contributed by atoms with van der Waals surface area (Å²) < 4.78 is 8.58. The second kappa shape index (κ2) is 8.07. The third-order valence-electron chi connectivity index (χ3n) is 6.82. The summed E-state index contributed by atoms with van der Waals surface area (Å²) >= 11 is 0. The molecule has 1 atom stereocenters. The Bertz CT molecular complexity index is 978. The lowest BCUT2D eigenvalue weighted by atomic mass is 9.92. The number of hydrogen-bond acceptors (Lipinski definition) is 5. The summed E-state index contributed by atoms with van der Waals surface area (Å²) in [6.07, 6.45) is 6.25. The van der Waals surface area contributed by atoms with Gasteiger partial charge in [0.05, 0.1) is 17.5 Å². The molecule has 1 saturated heterocycles. The number of nitrogens with one attached hydrogen (secondary N) is 1. The van der Waals surface area contributed by atoms with Crippen LogP contribution < -0.4 is 19.9 Å². The smallest absolute Gasteiger partial charge is 0.412 e. The molecule has 1 amide bonds. The summed E-state index contributed by atoms with van der Waals surface area (Å²) in [6.45, 7) is 5.76. The van der Waals surface area contributed by atoms with Crippen molar-refractivity contribution in [2.24, 2.45) is 7.05 Å². The number of amides is 1. The van der Waals surface area contributed by atoms with Gasteiger partial charge in [-0.1, -0.05) is 0 Å². The van der Waals surface area contributed by atoms with Gasteiger partial charge < -0.3 is 24.6 Å². The molecule has 1 aromatic carbocycles. The van der Waals surface area contributed by atoms with E-state index in [0.717, 1.165) is 86.1 Å². The Morgan fingerprint density at radius 3 is 2.68 bits per heavy atom. The van der Waals surface area contributed by atoms with E-state index in [1.807, 2.05) is 26.1 Å². The number of nitrogens with zero attached hydrogens (tertiary/aromatic N) is 4. The molecule has 1 aliphatic carbocycles. The lowest BCUT2D eigenvalue weighted by Gasteiger charge is -2.36. The largest absolute Gasteiger partial charge is 0.489 e. The minimum absolute atomic E-state index is 0.0402. The van der Waals surface area contributed by atoms with Gasteiger partial charge in [-0.2, -0.15) is 0 Å². The Morgan fingerprint density at radius 1 is 1.23 bits per heavy atom. The molecule has 3 aliphatic rings. The number of anilines is 2. The van der Waals surface area contributed by atoms with E-state index in [4.69, 9.17) is 9.72 Å². The van der Waals surface area contributed by atoms with E-state index in [1.54, 1.807) is 0 Å². The van der Waals surface area contributed by atoms with Crippen molar-refractivity contribution >= 4 is 17.7 Å². The molecule has 2 N–H and O–H groups in total. The van der Waals surface area contributed by atoms with E-state index in [0.29, 0.717) is 0 Å². The minimum Gasteiger partial charge on any atom is -0.489 e. The average Bonchev–Trinajstić information content (AvgIpc) is 3.12. The van der Waals surface area contributed by atoms with E-state index in [2.05, 4.69) is 21.0 Å². The van der Waals surface area contributed by atoms with Gasteiger partial charge in [0, 0.05) is 56.6 Å². The van der Waals surface area contributed by atoms with Crippen molar-refractivity contribution in [1.82, 2.24) is 14.9 Å². The monoisotopic (exact) mass is 425 g/mol. The number of carbonyl (C=O) groups is 1. The number of aromatic nitrogens is 2. The molecule has 2 aliphatic heterocycles. The number of fused-ring (bicyclic) bond motifs is 1. The van der Waals surface area contributed by atoms with Crippen LogP contribution in [0.2, 0.25) is 0 Å². The first-order valence-electron chi connectivity index (χ1n) is 11.4. The predicted octanol–water partition coefficient (Wildman–Crippen LogP) is 3.25. The number of aryl methyl sites for hydroxylation is 1. The van der Waals surface area contributed by atoms with Gasteiger partial charge in [0.25, 0.3) is 0 Å². The average molecular weight is 426 g/mol. The van der Waals surface area contributed by atoms with Crippen molar-refractivity contribution in [3.63, 3.8) is 0 Å². The van der Waals surface area contributed by atoms with E-state index in [9.17, 15) is 9.90 Å². The molecule has 0 bridgehead atoms. The Morgan fingerprint density at radius 2 is 2.00 bits per heavy atom. The molecule has 8 heteroatoms. The van der Waals surface area contributed by atoms with Crippen molar-refractivity contribution in [2.75, 3.05) is 36.0 Å². The van der Waals surface area contributed by atoms with Crippen molar-refractivity contribution in [2.45, 2.75) is 51.2 Å². The van der Waals surface area contributed by atoms with Crippen LogP contribution in [0.3, 0.4) is 0 Å². The van der Waals surface area contributed by atoms with Crippen molar-refractivity contribution < 1.29 is 14.6 Å². The summed E-state index contributed by atoms with van der Waals surface area (Å²) in [5.41, 5.74) is 3.60. The summed E-state index contributed by atoms with van der Waals surface area (Å²) in [7, 11) is 2.03. The highest BCUT2D eigenvalue weighted by Gasteiger charge is 2.33. The van der Waals surface area contributed by atoms with E-state index >= 15 is 0 Å². The highest BCUT2D eigenvalue weighted by atomic mass is 16.5. The highest BCUT2D eigenvalue weighted by molar-refractivity contribution is 5.91. The first kappa shape index (κ1) is 20.2. The van der Waals surface area contributed by atoms with Gasteiger partial charge in [-0.3, -0.25) is 4.90 Å². The predicted molar refractivity (Wildman–Crippen MR) is 120 cm³/mol. The van der Waals surface area contributed by atoms with Crippen LogP contribution >= 0.6 is 0 Å². The van der Waals surface area contributed by atoms with Crippen molar-refractivity contribution in [1.29, 1.82) is 0 Å². The highest BCUT2D eigenvalue weighted by Crippen LogP contribution is 2.44. The molecule has 31 heavy (non-hydrogen) atoms. The molecule has 1 unspecified atom stereocenters. The fourth-order valence-corrected chi connectivity index (χ4v) is 4.83. The first-order chi connectivity index (χ1) is 15.0. The van der Waals surface area contributed by atoms with Crippen LogP contribution in [-0.4, -0.2) is 59.1 Å². The van der Waals surface area contributed by atoms with Crippen LogP contribution in [0.4, 0.5) is 16.4 Å². The first-order valence-corrected chi connectivity index (χ1v) is 11.4. The molecular weight excluding hydrogens is 394 g/mol. The zero-order valence-electron chi connectivity index (χ0n) is 18.3. The Balaban J connectivity index is 1.58. The third-order valence-corrected chi connectivity index (χ3v) is 6.82. The molecule has 0 spiro atoms. The molecule has 3 heterocycles. The quantitative estimate of drug-likeness (QED) is 0.783. The fraction of sp³-hybridized carbons (Fsp3) is 0.565. The number of imidazole rings is 1. The normalized spacial score (nSPS) is 21.5. The van der Waals surface area contributed by atoms with Crippen LogP contribution in [0.25, 0.3) is 11.3 Å². The summed E-state index contributed by atoms with van der Waals surface area (Å²) in [5.74, 6) is 1.79. The number of rotatable bonds is 4. The third kappa shape index (κ3) is 3.63. The molecular formula is C23H31N5O3. The van der Waals surface area contributed by atoms with Gasteiger partial charge in [0.1, 0.15) is 5.75 Å². The van der Waals surface area contributed by atoms with E-state index < -0.39 is 6.09 Å². The minimum atomic E-state index is -0.908. The van der Waals surface area contributed by atoms with Crippen LogP contribution in [0.1, 0.15) is 38.2 Å². The van der Waals surface area contributed by atoms with Gasteiger partial charge in [-0.25, -0.2) is 9.78 Å². The zero-order chi connectivity index (χ0) is 21.5. The van der Waals surface area contributed by atoms with Crippen LogP contribution in [-0.2, 0) is 13.5 Å². The number of ether oxygens (including phenoxy) is 1. The van der Waals surface area contributed by atoms with Crippen LogP contribution in [0.5, 0.6) is 5.75 Å². The summed E-state index contributed by atoms with van der Waals surface area (Å²) in [4.78, 5) is 20.7. The molecule has 5 rings (SSSR count). The van der Waals surface area contributed by atoms with Gasteiger partial charge in [-0.05, 0) is 51.2 Å². The molecule has 0 radical (unpaired) electrons. The van der Waals surface area contributed by atoms with Gasteiger partial charge in [0.2, 0.25) is 5.95 Å². The maximum Gasteiger partial charge on any atom is 0.412 e. The number of benzene rings is 1. The molecule has 1 saturated carbocycles. The van der Waals surface area contributed by atoms with Crippen molar-refractivity contribution in [3.8, 4) is 17.0 Å². The van der Waals surface area contributed by atoms with Crippen molar-refractivity contribution in [3.05, 3.63) is 23.9 Å². The zero-order valence-corrected chi connectivity index (χ0v) is 18.3. The summed E-state index contributed by atoms with van der Waals surface area (Å²) in [5, 5.41) is 13.2. The topological polar surface area (TPSA) is 82.9 Å². The SMILES string of the molecule is CC1CCc2c(ccc(-c3cn(C)c(N4CCNCC4)n3)c2OC2CCC2)N1C(=O)O. The van der Waals surface area contributed by atoms with Gasteiger partial charge in [0.15, 0.2) is 0 Å². The second-order valence-electron chi connectivity index (χ2n) is 8.93. The Kier molecular flexibility index (Phi) is 5.25. The molecule has 1 aromatic heterocycles. The van der Waals surface area contributed by atoms with Gasteiger partial charge in [-0.15, -0.1) is 0 Å². The number of piperazine rings is 1. The van der Waals surface area contributed by atoms with E-state index in [-0.39, 0.29) is 12.1 Å². The maximum atomic E-state index is 12.0. The molecule has 166 valence electrons. The lowest BCUT2D eigenvalue weighted by molar-refractivity contribution is 0.119. The molecule has 2 aromatic rings. The number of carboxylic acid groups (broad SMARTS) is 1. The Hall–Kier alpha value is -2.74. The van der Waals surface area contributed by atoms with E-state index in [1.165, 1.54) is 11.3 Å². The molecule has 2 fully saturated rings. The number of hydrogen-bond donors (Lipinski definition) is 2. The Labute approximate surface area is 182 Å². The standard InChI is InChI=1S/C23H31N5O3/c1-15-6-7-18-20(28(15)23(29)30)9-8-17(21(18)31-16-4-3-5-16)19-14-26(2)22(25-19)27-12-10-24-11-13-27/h8-9,14-16,24H,3-7,10-13H2,1-2H3,(H,29,30). The van der Waals surface area contributed by atoms with Gasteiger partial charge >= 0.3 is 6.09 Å². The fourth-order valence-electron chi connectivity index (χ4n) is 4.83. The van der Waals surface area contributed by atoms with Crippen LogP contribution in [0.15, 0.2) is 18.3 Å².